The van der Waals surface area contributed by atoms with E-state index in [4.69, 9.17) is 10.5 Å². The first-order chi connectivity index (χ1) is 7.31. The highest BCUT2D eigenvalue weighted by Crippen LogP contribution is 2.47. The van der Waals surface area contributed by atoms with Gasteiger partial charge < -0.3 is 10.5 Å². The molecule has 0 amide bonds. The van der Waals surface area contributed by atoms with Crippen molar-refractivity contribution in [2.75, 3.05) is 6.61 Å². The van der Waals surface area contributed by atoms with Gasteiger partial charge >= 0.3 is 5.97 Å². The second kappa shape index (κ2) is 4.74. The molecule has 1 fully saturated rings. The zero-order valence-electron chi connectivity index (χ0n) is 10.9. The average molecular weight is 226 g/mol. The Morgan fingerprint density at radius 2 is 2.06 bits per heavy atom. The first-order valence-corrected chi connectivity index (χ1v) is 6.05. The first kappa shape index (κ1) is 13.5. The third kappa shape index (κ3) is 2.97. The van der Waals surface area contributed by atoms with Gasteiger partial charge in [-0.25, -0.2) is 0 Å². The maximum absolute atomic E-state index is 11.7. The highest BCUT2D eigenvalue weighted by atomic mass is 16.5. The van der Waals surface area contributed by atoms with Gasteiger partial charge in [-0.3, -0.25) is 4.79 Å². The summed E-state index contributed by atoms with van der Waals surface area (Å²) in [5.74, 6) is -0.267. The molecule has 1 saturated carbocycles. The summed E-state index contributed by atoms with van der Waals surface area (Å²) in [4.78, 5) is 11.7. The van der Waals surface area contributed by atoms with Crippen LogP contribution >= 0.6 is 0 Å². The fraction of sp³-hybridized carbons (Fsp3) is 0.846. The molecule has 1 aliphatic rings. The Bertz CT molecular complexity index is 263. The number of carbonyl (C=O) groups is 1. The monoisotopic (exact) mass is 226 g/mol. The van der Waals surface area contributed by atoms with Gasteiger partial charge in [0.05, 0.1) is 6.61 Å². The fourth-order valence-corrected chi connectivity index (χ4v) is 2.78. The van der Waals surface area contributed by atoms with Crippen molar-refractivity contribution in [3.05, 3.63) is 6.42 Å². The molecular formula is C13H24NO2. The number of esters is 1. The Hall–Kier alpha value is -0.570. The van der Waals surface area contributed by atoms with Crippen molar-refractivity contribution >= 4 is 5.97 Å². The zero-order chi connectivity index (χ0) is 12.4. The summed E-state index contributed by atoms with van der Waals surface area (Å²) in [7, 11) is 0. The molecule has 0 aromatic rings. The molecule has 0 aliphatic heterocycles. The van der Waals surface area contributed by atoms with Gasteiger partial charge in [0.25, 0.3) is 0 Å². The van der Waals surface area contributed by atoms with Crippen LogP contribution in [0.3, 0.4) is 0 Å². The second-order valence-electron chi connectivity index (χ2n) is 5.92. The highest BCUT2D eigenvalue weighted by Gasteiger charge is 2.43. The van der Waals surface area contributed by atoms with Crippen LogP contribution in [-0.4, -0.2) is 18.6 Å². The number of hydrogen-bond donors (Lipinski definition) is 1. The topological polar surface area (TPSA) is 52.3 Å². The molecule has 16 heavy (non-hydrogen) atoms. The highest BCUT2D eigenvalue weighted by molar-refractivity contribution is 5.76. The van der Waals surface area contributed by atoms with Gasteiger partial charge in [-0.2, -0.15) is 0 Å². The average Bonchev–Trinajstić information content (AvgIpc) is 2.15. The molecule has 0 heterocycles. The van der Waals surface area contributed by atoms with Crippen LogP contribution in [0.2, 0.25) is 0 Å². The Kier molecular flexibility index (Phi) is 4.00. The third-order valence-electron chi connectivity index (χ3n) is 3.48. The van der Waals surface area contributed by atoms with E-state index in [-0.39, 0.29) is 16.8 Å². The van der Waals surface area contributed by atoms with E-state index >= 15 is 0 Å². The summed E-state index contributed by atoms with van der Waals surface area (Å²) >= 11 is 0. The van der Waals surface area contributed by atoms with Crippen molar-refractivity contribution in [2.24, 2.45) is 16.6 Å². The summed E-state index contributed by atoms with van der Waals surface area (Å²) in [5.41, 5.74) is 6.11. The lowest BCUT2D eigenvalue weighted by atomic mass is 9.61. The van der Waals surface area contributed by atoms with Crippen molar-refractivity contribution in [3.63, 3.8) is 0 Å². The van der Waals surface area contributed by atoms with Crippen LogP contribution in [0.15, 0.2) is 0 Å². The van der Waals surface area contributed by atoms with E-state index in [0.29, 0.717) is 6.61 Å². The molecule has 2 atom stereocenters. The fourth-order valence-electron chi connectivity index (χ4n) is 2.78. The van der Waals surface area contributed by atoms with Crippen LogP contribution in [-0.2, 0) is 9.53 Å². The summed E-state index contributed by atoms with van der Waals surface area (Å²) in [6, 6.07) is -0.511. The van der Waals surface area contributed by atoms with E-state index in [1.807, 2.05) is 6.92 Å². The minimum absolute atomic E-state index is 0.159. The molecule has 1 radical (unpaired) electrons. The van der Waals surface area contributed by atoms with Crippen molar-refractivity contribution in [1.82, 2.24) is 0 Å². The van der Waals surface area contributed by atoms with Gasteiger partial charge in [0.15, 0.2) is 0 Å². The summed E-state index contributed by atoms with van der Waals surface area (Å²) in [6.45, 7) is 8.74. The van der Waals surface area contributed by atoms with Crippen molar-refractivity contribution in [2.45, 2.75) is 53.0 Å². The third-order valence-corrected chi connectivity index (χ3v) is 3.48. The Labute approximate surface area is 98.7 Å². The lowest BCUT2D eigenvalue weighted by Crippen LogP contribution is -2.50. The normalized spacial score (nSPS) is 30.8. The molecule has 1 rings (SSSR count). The zero-order valence-corrected chi connectivity index (χ0v) is 10.9. The van der Waals surface area contributed by atoms with Crippen molar-refractivity contribution in [3.8, 4) is 0 Å². The Balaban J connectivity index is 2.72. The maximum atomic E-state index is 11.7. The minimum atomic E-state index is -0.511. The van der Waals surface area contributed by atoms with Crippen LogP contribution in [0, 0.1) is 17.3 Å². The SMILES string of the molecule is CCOC(=O)C(N)C1(C)C[CH]CC(C)(C)C1. The van der Waals surface area contributed by atoms with E-state index in [0.717, 1.165) is 19.3 Å². The smallest absolute Gasteiger partial charge is 0.323 e. The quantitative estimate of drug-likeness (QED) is 0.751. The number of hydrogen-bond acceptors (Lipinski definition) is 3. The molecule has 3 heteroatoms. The maximum Gasteiger partial charge on any atom is 0.323 e. The van der Waals surface area contributed by atoms with E-state index in [9.17, 15) is 4.79 Å². The van der Waals surface area contributed by atoms with Gasteiger partial charge in [0, 0.05) is 0 Å². The largest absolute Gasteiger partial charge is 0.465 e. The molecule has 0 aromatic carbocycles. The number of rotatable bonds is 3. The van der Waals surface area contributed by atoms with Crippen LogP contribution in [0.4, 0.5) is 0 Å². The van der Waals surface area contributed by atoms with Crippen LogP contribution in [0.25, 0.3) is 0 Å². The molecule has 2 unspecified atom stereocenters. The van der Waals surface area contributed by atoms with Crippen molar-refractivity contribution in [1.29, 1.82) is 0 Å². The molecule has 0 spiro atoms. The molecule has 3 nitrogen and oxygen atoms in total. The van der Waals surface area contributed by atoms with E-state index in [2.05, 4.69) is 27.2 Å². The molecule has 2 N–H and O–H groups in total. The number of ether oxygens (including phenoxy) is 1. The second-order valence-corrected chi connectivity index (χ2v) is 5.92. The van der Waals surface area contributed by atoms with Gasteiger partial charge in [-0.1, -0.05) is 20.8 Å². The van der Waals surface area contributed by atoms with E-state index in [1.54, 1.807) is 0 Å². The Morgan fingerprint density at radius 3 is 2.56 bits per heavy atom. The van der Waals surface area contributed by atoms with Crippen molar-refractivity contribution < 1.29 is 9.53 Å². The summed E-state index contributed by atoms with van der Waals surface area (Å²) < 4.78 is 5.01. The van der Waals surface area contributed by atoms with E-state index < -0.39 is 6.04 Å². The minimum Gasteiger partial charge on any atom is -0.465 e. The van der Waals surface area contributed by atoms with Crippen LogP contribution < -0.4 is 5.73 Å². The lowest BCUT2D eigenvalue weighted by Gasteiger charge is -2.44. The van der Waals surface area contributed by atoms with E-state index in [1.165, 1.54) is 0 Å². The molecule has 93 valence electrons. The number of carbonyl (C=O) groups excluding carboxylic acids is 1. The summed E-state index contributed by atoms with van der Waals surface area (Å²) in [5, 5.41) is 0. The lowest BCUT2D eigenvalue weighted by molar-refractivity contribution is -0.148. The summed E-state index contributed by atoms with van der Waals surface area (Å²) in [6.07, 6.45) is 5.22. The van der Waals surface area contributed by atoms with Crippen LogP contribution in [0.5, 0.6) is 0 Å². The van der Waals surface area contributed by atoms with Gasteiger partial charge in [0.1, 0.15) is 6.04 Å². The Morgan fingerprint density at radius 1 is 1.44 bits per heavy atom. The van der Waals surface area contributed by atoms with Gasteiger partial charge in [-0.15, -0.1) is 0 Å². The molecule has 0 aromatic heterocycles. The molecular weight excluding hydrogens is 202 g/mol. The number of nitrogens with two attached hydrogens (primary N) is 1. The molecule has 0 saturated heterocycles. The van der Waals surface area contributed by atoms with Crippen LogP contribution in [0.1, 0.15) is 47.0 Å². The van der Waals surface area contributed by atoms with Gasteiger partial charge in [-0.05, 0) is 43.4 Å². The first-order valence-electron chi connectivity index (χ1n) is 6.05. The predicted octanol–water partition coefficient (Wildman–Crippen LogP) is 2.30. The van der Waals surface area contributed by atoms with Gasteiger partial charge in [0.2, 0.25) is 0 Å². The molecule has 1 aliphatic carbocycles. The standard InChI is InChI=1S/C13H24NO2/c1-5-16-11(15)10(14)13(4)8-6-7-12(2,3)9-13/h6,10H,5,7-9,14H2,1-4H3. The molecule has 0 bridgehead atoms. The predicted molar refractivity (Wildman–Crippen MR) is 64.6 cm³/mol.